The fourth-order valence-corrected chi connectivity index (χ4v) is 2.35. The highest BCUT2D eigenvalue weighted by Crippen LogP contribution is 2.37. The molecule has 1 rings (SSSR count). The van der Waals surface area contributed by atoms with Crippen molar-refractivity contribution in [2.45, 2.75) is 39.2 Å². The van der Waals surface area contributed by atoms with Crippen LogP contribution in [-0.4, -0.2) is 29.9 Å². The Bertz CT molecular complexity index is 482. The molecule has 5 heteroatoms. The lowest BCUT2D eigenvalue weighted by Gasteiger charge is -2.32. The maximum absolute atomic E-state index is 12.1. The van der Waals surface area contributed by atoms with Gasteiger partial charge in [0, 0.05) is 0 Å². The van der Waals surface area contributed by atoms with Crippen LogP contribution in [0.1, 0.15) is 39.2 Å². The van der Waals surface area contributed by atoms with Gasteiger partial charge in [-0.1, -0.05) is 19.4 Å². The third-order valence-corrected chi connectivity index (χ3v) is 3.59. The van der Waals surface area contributed by atoms with Crippen LogP contribution in [0.5, 0.6) is 11.5 Å². The minimum absolute atomic E-state index is 0.0137. The lowest BCUT2D eigenvalue weighted by molar-refractivity contribution is -0.158. The number of rotatable bonds is 7. The molecule has 5 nitrogen and oxygen atoms in total. The summed E-state index contributed by atoms with van der Waals surface area (Å²) in [7, 11) is 1.43. The predicted octanol–water partition coefficient (Wildman–Crippen LogP) is 2.59. The van der Waals surface area contributed by atoms with E-state index in [4.69, 9.17) is 9.47 Å². The van der Waals surface area contributed by atoms with E-state index in [2.05, 4.69) is 0 Å². The summed E-state index contributed by atoms with van der Waals surface area (Å²) in [5, 5.41) is 20.5. The van der Waals surface area contributed by atoms with Gasteiger partial charge in [0.2, 0.25) is 0 Å². The number of hydrogen-bond donors (Lipinski definition) is 2. The largest absolute Gasteiger partial charge is 0.504 e. The van der Waals surface area contributed by atoms with Crippen molar-refractivity contribution < 1.29 is 24.5 Å². The van der Waals surface area contributed by atoms with E-state index in [1.165, 1.54) is 19.2 Å². The summed E-state index contributed by atoms with van der Waals surface area (Å²) in [5.41, 5.74) is -0.896. The van der Waals surface area contributed by atoms with Crippen LogP contribution in [0.25, 0.3) is 0 Å². The summed E-state index contributed by atoms with van der Waals surface area (Å²) >= 11 is 0. The highest BCUT2D eigenvalue weighted by molar-refractivity contribution is 5.74. The van der Waals surface area contributed by atoms with Gasteiger partial charge in [0.25, 0.3) is 0 Å². The molecule has 118 valence electrons. The van der Waals surface area contributed by atoms with Crippen LogP contribution in [0.4, 0.5) is 0 Å². The van der Waals surface area contributed by atoms with Gasteiger partial charge in [-0.05, 0) is 38.0 Å². The maximum atomic E-state index is 12.1. The van der Waals surface area contributed by atoms with Gasteiger partial charge in [-0.25, -0.2) is 0 Å². The number of aliphatic hydroxyl groups is 1. The van der Waals surface area contributed by atoms with Crippen LogP contribution in [0.2, 0.25) is 0 Å². The minimum atomic E-state index is -1.40. The van der Waals surface area contributed by atoms with Crippen LogP contribution in [-0.2, 0) is 15.1 Å². The zero-order valence-corrected chi connectivity index (χ0v) is 13.0. The van der Waals surface area contributed by atoms with E-state index < -0.39 is 17.5 Å². The molecule has 0 aliphatic heterocycles. The lowest BCUT2D eigenvalue weighted by atomic mass is 9.80. The lowest BCUT2D eigenvalue weighted by Crippen LogP contribution is -2.38. The Morgan fingerprint density at radius 2 is 2.05 bits per heavy atom. The highest BCUT2D eigenvalue weighted by Gasteiger charge is 2.39. The summed E-state index contributed by atoms with van der Waals surface area (Å²) in [6, 6.07) is 4.56. The average molecular weight is 296 g/mol. The van der Waals surface area contributed by atoms with Gasteiger partial charge in [0.05, 0.1) is 19.6 Å². The standard InChI is InChI=1S/C16H24O5/c1-5-7-12(15(18)21-6-2)16(3,19)11-8-9-13(17)14(10-11)20-4/h8-10,12,17,19H,5-7H2,1-4H3. The summed E-state index contributed by atoms with van der Waals surface area (Å²) in [5.74, 6) is -0.847. The third kappa shape index (κ3) is 3.88. The van der Waals surface area contributed by atoms with E-state index >= 15 is 0 Å². The molecule has 0 heterocycles. The molecule has 2 atom stereocenters. The molecule has 1 aromatic rings. The number of phenols is 1. The molecule has 21 heavy (non-hydrogen) atoms. The maximum Gasteiger partial charge on any atom is 0.312 e. The highest BCUT2D eigenvalue weighted by atomic mass is 16.5. The summed E-state index contributed by atoms with van der Waals surface area (Å²) in [6.45, 7) is 5.53. The molecule has 0 aliphatic rings. The smallest absolute Gasteiger partial charge is 0.312 e. The van der Waals surface area contributed by atoms with E-state index in [-0.39, 0.29) is 18.1 Å². The van der Waals surface area contributed by atoms with Crippen molar-refractivity contribution in [1.82, 2.24) is 0 Å². The van der Waals surface area contributed by atoms with Crippen LogP contribution >= 0.6 is 0 Å². The number of hydrogen-bond acceptors (Lipinski definition) is 5. The van der Waals surface area contributed by atoms with Gasteiger partial charge >= 0.3 is 5.97 Å². The molecule has 0 radical (unpaired) electrons. The molecule has 0 aliphatic carbocycles. The molecule has 0 bridgehead atoms. The van der Waals surface area contributed by atoms with Gasteiger partial charge in [-0.3, -0.25) is 4.79 Å². The molecule has 1 aromatic carbocycles. The molecule has 2 unspecified atom stereocenters. The van der Waals surface area contributed by atoms with Crippen molar-refractivity contribution in [2.24, 2.45) is 5.92 Å². The molecule has 0 spiro atoms. The first-order valence-corrected chi connectivity index (χ1v) is 7.14. The zero-order valence-electron chi connectivity index (χ0n) is 13.0. The monoisotopic (exact) mass is 296 g/mol. The van der Waals surface area contributed by atoms with Crippen molar-refractivity contribution >= 4 is 5.97 Å². The number of phenolic OH excluding ortho intramolecular Hbond substituents is 1. The number of carbonyl (C=O) groups excluding carboxylic acids is 1. The van der Waals surface area contributed by atoms with Crippen LogP contribution in [0.15, 0.2) is 18.2 Å². The van der Waals surface area contributed by atoms with Gasteiger partial charge in [0.15, 0.2) is 11.5 Å². The second kappa shape index (κ2) is 7.31. The number of aromatic hydroxyl groups is 1. The first-order valence-electron chi connectivity index (χ1n) is 7.14. The van der Waals surface area contributed by atoms with Crippen molar-refractivity contribution in [3.05, 3.63) is 23.8 Å². The molecule has 0 saturated heterocycles. The van der Waals surface area contributed by atoms with E-state index in [1.807, 2.05) is 6.92 Å². The van der Waals surface area contributed by atoms with Gasteiger partial charge in [-0.2, -0.15) is 0 Å². The van der Waals surface area contributed by atoms with E-state index in [1.54, 1.807) is 19.9 Å². The molecule has 0 aromatic heterocycles. The van der Waals surface area contributed by atoms with Gasteiger partial charge < -0.3 is 19.7 Å². The Balaban J connectivity index is 3.18. The van der Waals surface area contributed by atoms with Crippen molar-refractivity contribution in [3.63, 3.8) is 0 Å². The number of ether oxygens (including phenoxy) is 2. The quantitative estimate of drug-likeness (QED) is 0.756. The van der Waals surface area contributed by atoms with E-state index in [0.717, 1.165) is 6.42 Å². The summed E-state index contributed by atoms with van der Waals surface area (Å²) in [6.07, 6.45) is 1.25. The third-order valence-electron chi connectivity index (χ3n) is 3.59. The predicted molar refractivity (Wildman–Crippen MR) is 79.3 cm³/mol. The number of carbonyl (C=O) groups is 1. The first-order chi connectivity index (χ1) is 9.88. The topological polar surface area (TPSA) is 76.0 Å². The van der Waals surface area contributed by atoms with Gasteiger partial charge in [-0.15, -0.1) is 0 Å². The Morgan fingerprint density at radius 1 is 1.38 bits per heavy atom. The molecular formula is C16H24O5. The van der Waals surface area contributed by atoms with Crippen molar-refractivity contribution in [1.29, 1.82) is 0 Å². The second-order valence-electron chi connectivity index (χ2n) is 5.13. The van der Waals surface area contributed by atoms with Crippen LogP contribution < -0.4 is 4.74 Å². The Labute approximate surface area is 125 Å². The summed E-state index contributed by atoms with van der Waals surface area (Å²) < 4.78 is 10.1. The number of benzene rings is 1. The normalized spacial score (nSPS) is 15.1. The SMILES string of the molecule is CCCC(C(=O)OCC)C(C)(O)c1ccc(O)c(OC)c1. The van der Waals surface area contributed by atoms with E-state index in [9.17, 15) is 15.0 Å². The molecule has 2 N–H and O–H groups in total. The number of methoxy groups -OCH3 is 1. The Morgan fingerprint density at radius 3 is 2.57 bits per heavy atom. The fourth-order valence-electron chi connectivity index (χ4n) is 2.35. The van der Waals surface area contributed by atoms with E-state index in [0.29, 0.717) is 12.0 Å². The van der Waals surface area contributed by atoms with Crippen molar-refractivity contribution in [2.75, 3.05) is 13.7 Å². The molecular weight excluding hydrogens is 272 g/mol. The Hall–Kier alpha value is -1.75. The Kier molecular flexibility index (Phi) is 6.03. The zero-order chi connectivity index (χ0) is 16.0. The molecule has 0 saturated carbocycles. The fraction of sp³-hybridized carbons (Fsp3) is 0.562. The first kappa shape index (κ1) is 17.3. The number of esters is 1. The van der Waals surface area contributed by atoms with Crippen LogP contribution in [0.3, 0.4) is 0 Å². The second-order valence-corrected chi connectivity index (χ2v) is 5.13. The van der Waals surface area contributed by atoms with Gasteiger partial charge in [0.1, 0.15) is 5.60 Å². The van der Waals surface area contributed by atoms with Crippen LogP contribution in [0, 0.1) is 5.92 Å². The summed E-state index contributed by atoms with van der Waals surface area (Å²) in [4.78, 5) is 12.1. The minimum Gasteiger partial charge on any atom is -0.504 e. The molecule has 0 amide bonds. The van der Waals surface area contributed by atoms with Crippen molar-refractivity contribution in [3.8, 4) is 11.5 Å². The average Bonchev–Trinajstić information content (AvgIpc) is 2.45. The molecule has 0 fully saturated rings.